The smallest absolute Gasteiger partial charge is 0.283 e. The first kappa shape index (κ1) is 17.7. The molecule has 0 saturated carbocycles. The van der Waals surface area contributed by atoms with Crippen LogP contribution in [0.25, 0.3) is 15.9 Å². The number of benzene rings is 1. The zero-order valence-electron chi connectivity index (χ0n) is 15.5. The molecule has 1 aliphatic rings. The van der Waals surface area contributed by atoms with Gasteiger partial charge in [0.1, 0.15) is 6.04 Å². The molecule has 1 fully saturated rings. The minimum Gasteiger partial charge on any atom is -0.349 e. The van der Waals surface area contributed by atoms with E-state index in [0.29, 0.717) is 27.5 Å². The van der Waals surface area contributed by atoms with Gasteiger partial charge in [-0.1, -0.05) is 29.5 Å². The van der Waals surface area contributed by atoms with E-state index in [4.69, 9.17) is 0 Å². The third kappa shape index (κ3) is 3.23. The van der Waals surface area contributed by atoms with Crippen molar-refractivity contribution >= 4 is 38.2 Å². The van der Waals surface area contributed by atoms with Crippen molar-refractivity contribution in [3.8, 4) is 0 Å². The van der Waals surface area contributed by atoms with Crippen LogP contribution >= 0.6 is 11.3 Å². The van der Waals surface area contributed by atoms with Gasteiger partial charge in [-0.15, -0.1) is 5.10 Å². The van der Waals surface area contributed by atoms with Gasteiger partial charge >= 0.3 is 0 Å². The van der Waals surface area contributed by atoms with Crippen LogP contribution in [0, 0.1) is 0 Å². The molecule has 4 aromatic rings. The molecule has 1 saturated heterocycles. The summed E-state index contributed by atoms with van der Waals surface area (Å²) in [6.07, 6.45) is 3.34. The minimum atomic E-state index is -0.315. The summed E-state index contributed by atoms with van der Waals surface area (Å²) in [7, 11) is 0. The lowest BCUT2D eigenvalue weighted by Crippen LogP contribution is -2.43. The molecule has 0 bridgehead atoms. The van der Waals surface area contributed by atoms with Gasteiger partial charge in [-0.3, -0.25) is 14.6 Å². The van der Waals surface area contributed by atoms with E-state index in [1.807, 2.05) is 41.3 Å². The Kier molecular flexibility index (Phi) is 4.44. The molecule has 3 aromatic heterocycles. The fourth-order valence-electron chi connectivity index (χ4n) is 3.63. The maximum absolute atomic E-state index is 12.8. The molecule has 1 aromatic carbocycles. The van der Waals surface area contributed by atoms with Crippen molar-refractivity contribution in [1.29, 1.82) is 0 Å². The molecule has 1 amide bonds. The van der Waals surface area contributed by atoms with Gasteiger partial charge in [0, 0.05) is 12.7 Å². The van der Waals surface area contributed by atoms with E-state index < -0.39 is 0 Å². The molecule has 1 aliphatic heterocycles. The molecule has 1 atom stereocenters. The molecule has 1 N–H and O–H groups in total. The topological polar surface area (TPSA) is 92.5 Å². The highest BCUT2D eigenvalue weighted by atomic mass is 32.1. The number of rotatable bonds is 4. The Morgan fingerprint density at radius 2 is 2.07 bits per heavy atom. The van der Waals surface area contributed by atoms with Crippen molar-refractivity contribution in [1.82, 2.24) is 24.9 Å². The summed E-state index contributed by atoms with van der Waals surface area (Å²) in [6, 6.07) is 12.5. The van der Waals surface area contributed by atoms with E-state index in [2.05, 4.69) is 20.4 Å². The number of anilines is 1. The van der Waals surface area contributed by atoms with Crippen molar-refractivity contribution in [2.24, 2.45) is 0 Å². The average molecular weight is 406 g/mol. The number of aromatic nitrogens is 4. The predicted octanol–water partition coefficient (Wildman–Crippen LogP) is 1.98. The summed E-state index contributed by atoms with van der Waals surface area (Å²) in [6.45, 7) is 1.10. The molecule has 4 heterocycles. The molecule has 5 rings (SSSR count). The van der Waals surface area contributed by atoms with Crippen LogP contribution in [0.15, 0.2) is 53.5 Å². The first-order valence-corrected chi connectivity index (χ1v) is 10.3. The van der Waals surface area contributed by atoms with E-state index in [9.17, 15) is 9.59 Å². The quantitative estimate of drug-likeness (QED) is 0.557. The minimum absolute atomic E-state index is 0.0575. The second-order valence-corrected chi connectivity index (χ2v) is 7.84. The van der Waals surface area contributed by atoms with Crippen LogP contribution in [0.2, 0.25) is 0 Å². The normalized spacial score (nSPS) is 16.6. The first-order chi connectivity index (χ1) is 14.2. The summed E-state index contributed by atoms with van der Waals surface area (Å²) in [4.78, 5) is 36.8. The number of fused-ring (bicyclic) bond motifs is 2. The van der Waals surface area contributed by atoms with E-state index in [1.165, 1.54) is 15.9 Å². The highest BCUT2D eigenvalue weighted by Gasteiger charge is 2.33. The van der Waals surface area contributed by atoms with Crippen LogP contribution in [0.1, 0.15) is 18.5 Å². The van der Waals surface area contributed by atoms with Crippen LogP contribution in [-0.4, -0.2) is 38.1 Å². The van der Waals surface area contributed by atoms with Crippen molar-refractivity contribution in [2.45, 2.75) is 25.4 Å². The summed E-state index contributed by atoms with van der Waals surface area (Å²) in [5.74, 6) is -0.0575. The molecule has 8 nitrogen and oxygen atoms in total. The standard InChI is InChI=1S/C20H18N6O2S/c27-17(22-12-13-6-3-4-10-21-13)16-9-5-11-25(16)20-24-26-18(28)14-7-1-2-8-15(14)23-19(26)29-20/h1-4,6-8,10,16H,5,9,11-12H2,(H,22,27)/t16-/m1/s1. The van der Waals surface area contributed by atoms with Gasteiger partial charge in [-0.25, -0.2) is 4.98 Å². The predicted molar refractivity (Wildman–Crippen MR) is 111 cm³/mol. The van der Waals surface area contributed by atoms with Gasteiger partial charge in [-0.05, 0) is 37.1 Å². The Labute approximate surface area is 169 Å². The van der Waals surface area contributed by atoms with E-state index in [0.717, 1.165) is 25.1 Å². The molecule has 9 heteroatoms. The average Bonchev–Trinajstić information content (AvgIpc) is 3.40. The summed E-state index contributed by atoms with van der Waals surface area (Å²) >= 11 is 1.33. The number of nitrogens with zero attached hydrogens (tertiary/aromatic N) is 5. The van der Waals surface area contributed by atoms with Gasteiger partial charge in [0.2, 0.25) is 16.0 Å². The fraction of sp³-hybridized carbons (Fsp3) is 0.250. The van der Waals surface area contributed by atoms with Crippen molar-refractivity contribution < 1.29 is 4.79 Å². The van der Waals surface area contributed by atoms with E-state index in [-0.39, 0.29) is 17.5 Å². The third-order valence-corrected chi connectivity index (χ3v) is 6.01. The molecular weight excluding hydrogens is 388 g/mol. The summed E-state index contributed by atoms with van der Waals surface area (Å²) in [5, 5.41) is 8.63. The van der Waals surface area contributed by atoms with Crippen LogP contribution in [0.4, 0.5) is 5.13 Å². The third-order valence-electron chi connectivity index (χ3n) is 5.06. The first-order valence-electron chi connectivity index (χ1n) is 9.43. The van der Waals surface area contributed by atoms with Crippen molar-refractivity contribution in [3.63, 3.8) is 0 Å². The van der Waals surface area contributed by atoms with E-state index in [1.54, 1.807) is 12.3 Å². The SMILES string of the molecule is O=C(NCc1ccccn1)[C@H]1CCCN1c1nn2c(=O)c3ccccc3nc2s1. The van der Waals surface area contributed by atoms with Gasteiger partial charge in [0.15, 0.2) is 0 Å². The number of para-hydroxylation sites is 1. The van der Waals surface area contributed by atoms with Crippen LogP contribution in [0.3, 0.4) is 0 Å². The number of hydrogen-bond donors (Lipinski definition) is 1. The Hall–Kier alpha value is -3.33. The Morgan fingerprint density at radius 1 is 1.21 bits per heavy atom. The van der Waals surface area contributed by atoms with Crippen LogP contribution in [-0.2, 0) is 11.3 Å². The lowest BCUT2D eigenvalue weighted by Gasteiger charge is -2.22. The maximum atomic E-state index is 12.8. The second-order valence-electron chi connectivity index (χ2n) is 6.90. The maximum Gasteiger partial charge on any atom is 0.283 e. The number of pyridine rings is 1. The lowest BCUT2D eigenvalue weighted by atomic mass is 10.2. The molecule has 0 unspecified atom stereocenters. The molecule has 0 spiro atoms. The van der Waals surface area contributed by atoms with Gasteiger partial charge in [0.25, 0.3) is 5.56 Å². The highest BCUT2D eigenvalue weighted by Crippen LogP contribution is 2.29. The largest absolute Gasteiger partial charge is 0.349 e. The zero-order valence-corrected chi connectivity index (χ0v) is 16.3. The molecular formula is C20H18N6O2S. The van der Waals surface area contributed by atoms with Crippen molar-refractivity contribution in [3.05, 3.63) is 64.7 Å². The molecule has 0 radical (unpaired) electrons. The van der Waals surface area contributed by atoms with Gasteiger partial charge < -0.3 is 10.2 Å². The van der Waals surface area contributed by atoms with Gasteiger partial charge in [0.05, 0.1) is 23.1 Å². The number of hydrogen-bond acceptors (Lipinski definition) is 7. The molecule has 0 aliphatic carbocycles. The fourth-order valence-corrected chi connectivity index (χ4v) is 4.60. The highest BCUT2D eigenvalue weighted by molar-refractivity contribution is 7.20. The lowest BCUT2D eigenvalue weighted by molar-refractivity contribution is -0.122. The summed E-state index contributed by atoms with van der Waals surface area (Å²) < 4.78 is 1.34. The zero-order chi connectivity index (χ0) is 19.8. The molecule has 146 valence electrons. The molecule has 29 heavy (non-hydrogen) atoms. The van der Waals surface area contributed by atoms with E-state index >= 15 is 0 Å². The Bertz CT molecular complexity index is 1250. The Balaban J connectivity index is 1.42. The van der Waals surface area contributed by atoms with Crippen LogP contribution < -0.4 is 15.8 Å². The van der Waals surface area contributed by atoms with Gasteiger partial charge in [-0.2, -0.15) is 4.52 Å². The number of carbonyl (C=O) groups is 1. The summed E-state index contributed by atoms with van der Waals surface area (Å²) in [5.41, 5.74) is 1.27. The Morgan fingerprint density at radius 3 is 2.93 bits per heavy atom. The number of nitrogens with one attached hydrogen (secondary N) is 1. The van der Waals surface area contributed by atoms with Crippen molar-refractivity contribution in [2.75, 3.05) is 11.4 Å². The number of carbonyl (C=O) groups excluding carboxylic acids is 1. The number of amides is 1. The monoisotopic (exact) mass is 406 g/mol. The second kappa shape index (κ2) is 7.25. The van der Waals surface area contributed by atoms with Crippen LogP contribution in [0.5, 0.6) is 0 Å².